The number of carbonyl (C=O) groups excluding carboxylic acids is 3. The van der Waals surface area contributed by atoms with Crippen LogP contribution in [0, 0.1) is 5.92 Å². The van der Waals surface area contributed by atoms with Crippen LogP contribution in [0.1, 0.15) is 13.8 Å². The van der Waals surface area contributed by atoms with Crippen molar-refractivity contribution in [3.63, 3.8) is 0 Å². The Kier molecular flexibility index (Phi) is 11.6. The first-order valence-electron chi connectivity index (χ1n) is 6.21. The average molecular weight is 377 g/mol. The molecule has 0 atom stereocenters. The number of hydrogen-bond donors (Lipinski definition) is 1. The van der Waals surface area contributed by atoms with Crippen molar-refractivity contribution in [2.45, 2.75) is 13.8 Å². The fourth-order valence-electron chi connectivity index (χ4n) is 1.03. The van der Waals surface area contributed by atoms with Crippen LogP contribution in [-0.2, 0) is 38.7 Å². The van der Waals surface area contributed by atoms with Crippen molar-refractivity contribution in [3.05, 3.63) is 24.3 Å². The highest BCUT2D eigenvalue weighted by Gasteiger charge is 2.26. The van der Waals surface area contributed by atoms with E-state index in [9.17, 15) is 22.8 Å². The van der Waals surface area contributed by atoms with Crippen LogP contribution in [0.3, 0.4) is 0 Å². The second-order valence-electron chi connectivity index (χ2n) is 4.62. The third-order valence-corrected chi connectivity index (χ3v) is 2.63. The molecule has 0 heterocycles. The predicted molar refractivity (Wildman–Crippen MR) is 86.1 cm³/mol. The lowest BCUT2D eigenvalue weighted by atomic mass is 10.2. The van der Waals surface area contributed by atoms with Crippen LogP contribution in [0.5, 0.6) is 0 Å². The first-order chi connectivity index (χ1) is 10.4. The zero-order valence-electron chi connectivity index (χ0n) is 12.7. The van der Waals surface area contributed by atoms with Gasteiger partial charge in [-0.25, -0.2) is 9.59 Å². The van der Waals surface area contributed by atoms with Crippen LogP contribution in [0.2, 0.25) is 0 Å². The lowest BCUT2D eigenvalue weighted by molar-refractivity contribution is -0.157. The predicted octanol–water partition coefficient (Wildman–Crippen LogP) is -0.686. The molecule has 134 valence electrons. The third-order valence-electron chi connectivity index (χ3n) is 2.21. The van der Waals surface area contributed by atoms with Gasteiger partial charge in [-0.05, 0) is 13.8 Å². The normalized spacial score (nSPS) is 10.3. The van der Waals surface area contributed by atoms with Crippen LogP contribution in [0.25, 0.3) is 0 Å². The van der Waals surface area contributed by atoms with Crippen LogP contribution < -0.4 is 0 Å². The molecule has 0 bridgehead atoms. The molecule has 1 N–H and O–H groups in total. The summed E-state index contributed by atoms with van der Waals surface area (Å²) in [7, 11) is -4.53. The molecule has 0 spiro atoms. The minimum absolute atomic E-state index is 0. The molecule has 0 fully saturated rings. The van der Waals surface area contributed by atoms with Crippen molar-refractivity contribution in [2.24, 2.45) is 5.92 Å². The Morgan fingerprint density at radius 2 is 1.33 bits per heavy atom. The van der Waals surface area contributed by atoms with E-state index >= 15 is 0 Å². The number of rotatable bonds is 9. The molecule has 0 aromatic rings. The minimum atomic E-state index is -4.53. The summed E-state index contributed by atoms with van der Waals surface area (Å²) < 4.78 is 43.5. The second-order valence-corrected chi connectivity index (χ2v) is 6.02. The Morgan fingerprint density at radius 1 is 0.958 bits per heavy atom. The van der Waals surface area contributed by atoms with Gasteiger partial charge in [-0.15, -0.1) is 0 Å². The maximum absolute atomic E-state index is 11.7. The number of carbonyl (C=O) groups is 3. The van der Waals surface area contributed by atoms with Crippen molar-refractivity contribution in [1.29, 1.82) is 0 Å². The Hall–Kier alpha value is -1.43. The van der Waals surface area contributed by atoms with E-state index in [0.717, 1.165) is 0 Å². The SMILES string of the molecule is C=C(C)C(=O)OCC(COC(=O)C(=C)C)C(=O)OCS(=O)(=O)O.[MgH2]. The maximum Gasteiger partial charge on any atom is 0.333 e. The van der Waals surface area contributed by atoms with Gasteiger partial charge in [0.25, 0.3) is 0 Å². The topological polar surface area (TPSA) is 133 Å². The molecule has 0 aromatic heterocycles. The Bertz CT molecular complexity index is 579. The van der Waals surface area contributed by atoms with Gasteiger partial charge in [-0.2, -0.15) is 8.42 Å². The van der Waals surface area contributed by atoms with Gasteiger partial charge in [-0.1, -0.05) is 13.2 Å². The zero-order valence-corrected chi connectivity index (χ0v) is 13.6. The lowest BCUT2D eigenvalue weighted by Crippen LogP contribution is -2.31. The number of esters is 3. The summed E-state index contributed by atoms with van der Waals surface area (Å²) in [4.78, 5) is 34.3. The summed E-state index contributed by atoms with van der Waals surface area (Å²) in [6.07, 6.45) is 0. The van der Waals surface area contributed by atoms with Gasteiger partial charge in [0.1, 0.15) is 19.1 Å². The van der Waals surface area contributed by atoms with Gasteiger partial charge in [0.05, 0.1) is 0 Å². The Balaban J connectivity index is 0. The summed E-state index contributed by atoms with van der Waals surface area (Å²) in [6.45, 7) is 8.40. The van der Waals surface area contributed by atoms with Crippen molar-refractivity contribution in [3.8, 4) is 0 Å². The quantitative estimate of drug-likeness (QED) is 0.182. The van der Waals surface area contributed by atoms with Gasteiger partial charge in [0.2, 0.25) is 5.94 Å². The zero-order chi connectivity index (χ0) is 18.2. The van der Waals surface area contributed by atoms with Crippen LogP contribution >= 0.6 is 0 Å². The minimum Gasteiger partial charge on any atom is -0.461 e. The van der Waals surface area contributed by atoms with Crippen LogP contribution in [0.15, 0.2) is 24.3 Å². The fourth-order valence-corrected chi connectivity index (χ4v) is 1.30. The van der Waals surface area contributed by atoms with E-state index in [1.54, 1.807) is 0 Å². The fraction of sp³-hybridized carbons (Fsp3) is 0.462. The van der Waals surface area contributed by atoms with Crippen molar-refractivity contribution in [1.82, 2.24) is 0 Å². The van der Waals surface area contributed by atoms with Gasteiger partial charge < -0.3 is 14.2 Å². The molecule has 11 heteroatoms. The molecular formula is C13H20MgO9S. The van der Waals surface area contributed by atoms with Gasteiger partial charge in [0, 0.05) is 11.1 Å². The van der Waals surface area contributed by atoms with Crippen molar-refractivity contribution in [2.75, 3.05) is 19.2 Å². The molecule has 0 rings (SSSR count). The summed E-state index contributed by atoms with van der Waals surface area (Å²) in [5.74, 6) is -5.26. The van der Waals surface area contributed by atoms with E-state index in [-0.39, 0.29) is 34.2 Å². The highest BCUT2D eigenvalue weighted by atomic mass is 32.2. The smallest absolute Gasteiger partial charge is 0.333 e. The molecule has 24 heavy (non-hydrogen) atoms. The van der Waals surface area contributed by atoms with Crippen molar-refractivity contribution >= 4 is 51.1 Å². The van der Waals surface area contributed by atoms with E-state index in [4.69, 9.17) is 14.0 Å². The summed E-state index contributed by atoms with van der Waals surface area (Å²) in [5.41, 5.74) is 0.156. The third kappa shape index (κ3) is 11.2. The van der Waals surface area contributed by atoms with Crippen LogP contribution in [0.4, 0.5) is 0 Å². The highest BCUT2D eigenvalue weighted by Crippen LogP contribution is 2.07. The van der Waals surface area contributed by atoms with E-state index in [0.29, 0.717) is 0 Å². The molecule has 0 unspecified atom stereocenters. The lowest BCUT2D eigenvalue weighted by Gasteiger charge is -2.16. The van der Waals surface area contributed by atoms with E-state index < -0.39 is 53.1 Å². The molecule has 0 saturated carbocycles. The molecule has 0 saturated heterocycles. The largest absolute Gasteiger partial charge is 0.461 e. The summed E-state index contributed by atoms with van der Waals surface area (Å²) in [5, 5.41) is 0. The first-order valence-corrected chi connectivity index (χ1v) is 7.82. The van der Waals surface area contributed by atoms with Gasteiger partial charge in [-0.3, -0.25) is 9.35 Å². The molecule has 0 aliphatic rings. The molecule has 0 radical (unpaired) electrons. The number of ether oxygens (including phenoxy) is 3. The van der Waals surface area contributed by atoms with E-state index in [1.807, 2.05) is 0 Å². The Labute approximate surface area is 155 Å². The molecule has 0 aliphatic carbocycles. The molecule has 9 nitrogen and oxygen atoms in total. The Morgan fingerprint density at radius 3 is 1.62 bits per heavy atom. The van der Waals surface area contributed by atoms with Gasteiger partial charge in [0.15, 0.2) is 0 Å². The highest BCUT2D eigenvalue weighted by molar-refractivity contribution is 7.85. The van der Waals surface area contributed by atoms with E-state index in [2.05, 4.69) is 17.9 Å². The van der Waals surface area contributed by atoms with Crippen LogP contribution in [-0.4, -0.2) is 73.1 Å². The molecule has 0 aromatic carbocycles. The number of hydrogen-bond acceptors (Lipinski definition) is 8. The molecular weight excluding hydrogens is 357 g/mol. The average Bonchev–Trinajstić information content (AvgIpc) is 2.42. The summed E-state index contributed by atoms with van der Waals surface area (Å²) in [6, 6.07) is 0. The molecule has 0 aliphatic heterocycles. The standard InChI is InChI=1S/C13H18O9S.Mg.2H/c1-8(2)11(14)20-5-10(6-21-12(15)9(3)4)13(16)22-7-23(17,18)19;;;/h10H,1,3,5-7H2,2,4H3,(H,17,18,19);;;. The van der Waals surface area contributed by atoms with E-state index in [1.165, 1.54) is 13.8 Å². The first kappa shape index (κ1) is 24.8. The van der Waals surface area contributed by atoms with Gasteiger partial charge >= 0.3 is 51.1 Å². The monoisotopic (exact) mass is 376 g/mol. The summed E-state index contributed by atoms with van der Waals surface area (Å²) >= 11 is 0. The molecule has 0 amide bonds. The maximum atomic E-state index is 11.7. The second kappa shape index (κ2) is 11.2. The van der Waals surface area contributed by atoms with Crippen molar-refractivity contribution < 1.29 is 41.6 Å².